The molecule has 0 fully saturated rings. The molecule has 0 aliphatic rings. The normalized spacial score (nSPS) is 11.5. The smallest absolute Gasteiger partial charge is 0.338 e. The summed E-state index contributed by atoms with van der Waals surface area (Å²) in [5.74, 6) is -0.773. The zero-order valence-corrected chi connectivity index (χ0v) is 33.5. The molecule has 6 heteroatoms. The fourth-order valence-corrected chi connectivity index (χ4v) is 6.61. The molecule has 0 saturated heterocycles. The van der Waals surface area contributed by atoms with Crippen molar-refractivity contribution in [3.63, 3.8) is 0 Å². The predicted octanol–water partition coefficient (Wildman–Crippen LogP) is 12.0. The first kappa shape index (κ1) is 46.1. The molecular formula is C44H80N2O4. The van der Waals surface area contributed by atoms with Crippen LogP contribution in [0.4, 0.5) is 0 Å². The van der Waals surface area contributed by atoms with Crippen LogP contribution in [-0.4, -0.2) is 75.2 Å². The predicted molar refractivity (Wildman–Crippen MR) is 213 cm³/mol. The van der Waals surface area contributed by atoms with E-state index in [-0.39, 0.29) is 11.9 Å². The molecule has 0 aliphatic heterocycles. The Morgan fingerprint density at radius 2 is 0.720 bits per heavy atom. The van der Waals surface area contributed by atoms with Crippen molar-refractivity contribution in [3.8, 4) is 0 Å². The quantitative estimate of drug-likeness (QED) is 0.0513. The van der Waals surface area contributed by atoms with E-state index in [2.05, 4.69) is 37.7 Å². The summed E-state index contributed by atoms with van der Waals surface area (Å²) in [6.07, 6.45) is 34.4. The Kier molecular flexibility index (Phi) is 31.5. The fourth-order valence-electron chi connectivity index (χ4n) is 6.61. The number of unbranched alkanes of at least 4 members (excludes halogenated alkanes) is 22. The number of ether oxygens (including phenoxy) is 2. The van der Waals surface area contributed by atoms with E-state index in [4.69, 9.17) is 9.47 Å². The van der Waals surface area contributed by atoms with Crippen molar-refractivity contribution in [3.05, 3.63) is 35.4 Å². The number of carbonyl (C=O) groups is 2. The fraction of sp³-hybridized carbons (Fsp3) is 0.818. The van der Waals surface area contributed by atoms with Gasteiger partial charge >= 0.3 is 11.9 Å². The lowest BCUT2D eigenvalue weighted by Crippen LogP contribution is -2.22. The molecule has 0 radical (unpaired) electrons. The molecule has 0 heterocycles. The van der Waals surface area contributed by atoms with E-state index < -0.39 is 0 Å². The Hall–Kier alpha value is -1.92. The van der Waals surface area contributed by atoms with Gasteiger partial charge in [0.1, 0.15) is 0 Å². The molecule has 0 spiro atoms. The lowest BCUT2D eigenvalue weighted by atomic mass is 10.1. The van der Waals surface area contributed by atoms with Crippen LogP contribution in [0.1, 0.15) is 202 Å². The minimum atomic E-state index is -0.386. The number of hydrogen-bond acceptors (Lipinski definition) is 6. The number of carbonyl (C=O) groups excluding carboxylic acids is 2. The van der Waals surface area contributed by atoms with Crippen molar-refractivity contribution in [2.24, 2.45) is 0 Å². The van der Waals surface area contributed by atoms with E-state index in [1.54, 1.807) is 24.3 Å². The minimum absolute atomic E-state index is 0.378. The van der Waals surface area contributed by atoms with Crippen molar-refractivity contribution in [1.29, 1.82) is 0 Å². The van der Waals surface area contributed by atoms with Crippen LogP contribution in [0.25, 0.3) is 0 Å². The number of rotatable bonds is 36. The average molecular weight is 701 g/mol. The van der Waals surface area contributed by atoms with Crippen molar-refractivity contribution in [2.75, 3.05) is 53.5 Å². The van der Waals surface area contributed by atoms with E-state index >= 15 is 0 Å². The highest BCUT2D eigenvalue weighted by atomic mass is 16.5. The van der Waals surface area contributed by atoms with E-state index in [1.165, 1.54) is 154 Å². The molecular weight excluding hydrogens is 620 g/mol. The molecule has 290 valence electrons. The van der Waals surface area contributed by atoms with Gasteiger partial charge in [-0.3, -0.25) is 0 Å². The van der Waals surface area contributed by atoms with Crippen LogP contribution in [0.2, 0.25) is 0 Å². The number of esters is 2. The topological polar surface area (TPSA) is 59.1 Å². The lowest BCUT2D eigenvalue weighted by Gasteiger charge is -2.16. The highest BCUT2D eigenvalue weighted by Crippen LogP contribution is 2.14. The molecule has 0 amide bonds. The number of benzene rings is 1. The first-order valence-electron chi connectivity index (χ1n) is 21.3. The SMILES string of the molecule is CCCCCCCCCCCCCCN(C)CCCOC(=O)c1cccc(C(=O)OCCCN(C)CCCCCCCCCCCCCC)c1. The third kappa shape index (κ3) is 27.8. The number of hydrogen-bond donors (Lipinski definition) is 0. The Labute approximate surface area is 309 Å². The second-order valence-corrected chi connectivity index (χ2v) is 14.9. The summed E-state index contributed by atoms with van der Waals surface area (Å²) in [4.78, 5) is 29.9. The molecule has 0 aliphatic carbocycles. The van der Waals surface area contributed by atoms with Gasteiger partial charge in [-0.05, 0) is 71.1 Å². The monoisotopic (exact) mass is 701 g/mol. The van der Waals surface area contributed by atoms with Gasteiger partial charge < -0.3 is 19.3 Å². The van der Waals surface area contributed by atoms with Gasteiger partial charge in [-0.15, -0.1) is 0 Å². The molecule has 0 bridgehead atoms. The molecule has 0 aromatic heterocycles. The van der Waals surface area contributed by atoms with Crippen LogP contribution in [0.15, 0.2) is 24.3 Å². The molecule has 0 saturated carbocycles. The van der Waals surface area contributed by atoms with Crippen LogP contribution in [0.3, 0.4) is 0 Å². The first-order chi connectivity index (χ1) is 24.5. The standard InChI is InChI=1S/C44H80N2O4/c1-5-7-9-11-13-15-17-19-21-23-25-27-34-45(3)36-30-38-49-43(47)41-32-29-33-42(40-41)44(48)50-39-31-37-46(4)35-28-26-24-22-20-18-16-14-12-10-8-6-2/h29,32-33,40H,5-28,30-31,34-39H2,1-4H3. The van der Waals surface area contributed by atoms with Gasteiger partial charge in [-0.25, -0.2) is 9.59 Å². The maximum atomic E-state index is 12.6. The summed E-state index contributed by atoms with van der Waals surface area (Å²) in [5, 5.41) is 0. The summed E-state index contributed by atoms with van der Waals surface area (Å²) in [5.41, 5.74) is 0.790. The average Bonchev–Trinajstić information content (AvgIpc) is 3.12. The van der Waals surface area contributed by atoms with Crippen molar-refractivity contribution < 1.29 is 19.1 Å². The highest BCUT2D eigenvalue weighted by Gasteiger charge is 2.13. The van der Waals surface area contributed by atoms with Gasteiger partial charge in [0.15, 0.2) is 0 Å². The molecule has 1 rings (SSSR count). The van der Waals surface area contributed by atoms with E-state index in [1.807, 2.05) is 0 Å². The zero-order valence-electron chi connectivity index (χ0n) is 33.5. The summed E-state index contributed by atoms with van der Waals surface area (Å²) in [6, 6.07) is 6.70. The van der Waals surface area contributed by atoms with Gasteiger partial charge in [0, 0.05) is 13.1 Å². The Balaban J connectivity index is 2.05. The van der Waals surface area contributed by atoms with E-state index in [0.29, 0.717) is 24.3 Å². The molecule has 1 aromatic carbocycles. The zero-order chi connectivity index (χ0) is 36.3. The van der Waals surface area contributed by atoms with Crippen LogP contribution >= 0.6 is 0 Å². The van der Waals surface area contributed by atoms with Crippen molar-refractivity contribution in [1.82, 2.24) is 9.80 Å². The Morgan fingerprint density at radius 1 is 0.440 bits per heavy atom. The number of nitrogens with zero attached hydrogens (tertiary/aromatic N) is 2. The molecule has 0 N–H and O–H groups in total. The summed E-state index contributed by atoms with van der Waals surface area (Å²) >= 11 is 0. The third-order valence-electron chi connectivity index (χ3n) is 9.96. The molecule has 0 atom stereocenters. The highest BCUT2D eigenvalue weighted by molar-refractivity contribution is 5.95. The van der Waals surface area contributed by atoms with Gasteiger partial charge in [0.25, 0.3) is 0 Å². The van der Waals surface area contributed by atoms with Gasteiger partial charge in [-0.2, -0.15) is 0 Å². The van der Waals surface area contributed by atoms with Gasteiger partial charge in [0.05, 0.1) is 24.3 Å². The third-order valence-corrected chi connectivity index (χ3v) is 9.96. The maximum Gasteiger partial charge on any atom is 0.338 e. The second kappa shape index (κ2) is 34.2. The van der Waals surface area contributed by atoms with Crippen LogP contribution in [0.5, 0.6) is 0 Å². The Morgan fingerprint density at radius 3 is 1.04 bits per heavy atom. The van der Waals surface area contributed by atoms with Crippen LogP contribution in [0, 0.1) is 0 Å². The molecule has 50 heavy (non-hydrogen) atoms. The summed E-state index contributed by atoms with van der Waals surface area (Å²) < 4.78 is 11.0. The lowest BCUT2D eigenvalue weighted by molar-refractivity contribution is 0.0489. The maximum absolute atomic E-state index is 12.6. The van der Waals surface area contributed by atoms with Crippen molar-refractivity contribution >= 4 is 11.9 Å². The molecule has 6 nitrogen and oxygen atoms in total. The Bertz CT molecular complexity index is 854. The van der Waals surface area contributed by atoms with E-state index in [0.717, 1.165) is 39.0 Å². The molecule has 0 unspecified atom stereocenters. The van der Waals surface area contributed by atoms with Crippen LogP contribution < -0.4 is 0 Å². The molecule has 1 aromatic rings. The van der Waals surface area contributed by atoms with Gasteiger partial charge in [0.2, 0.25) is 0 Å². The second-order valence-electron chi connectivity index (χ2n) is 14.9. The summed E-state index contributed by atoms with van der Waals surface area (Å²) in [6.45, 7) is 9.31. The van der Waals surface area contributed by atoms with E-state index in [9.17, 15) is 9.59 Å². The van der Waals surface area contributed by atoms with Crippen molar-refractivity contribution in [2.45, 2.75) is 181 Å². The minimum Gasteiger partial charge on any atom is -0.462 e. The van der Waals surface area contributed by atoms with Gasteiger partial charge in [-0.1, -0.05) is 161 Å². The van der Waals surface area contributed by atoms with Crippen LogP contribution in [-0.2, 0) is 9.47 Å². The summed E-state index contributed by atoms with van der Waals surface area (Å²) in [7, 11) is 4.29. The largest absolute Gasteiger partial charge is 0.462 e. The first-order valence-corrected chi connectivity index (χ1v) is 21.3.